The van der Waals surface area contributed by atoms with E-state index in [1.165, 1.54) is 12.0 Å². The molecule has 72 valence electrons. The summed E-state index contributed by atoms with van der Waals surface area (Å²) in [6.07, 6.45) is 6.03. The second-order valence-electron chi connectivity index (χ2n) is 4.33. The molecule has 0 unspecified atom stereocenters. The van der Waals surface area contributed by atoms with Crippen molar-refractivity contribution >= 4 is 5.78 Å². The van der Waals surface area contributed by atoms with Gasteiger partial charge in [-0.25, -0.2) is 0 Å². The maximum Gasteiger partial charge on any atom is 0.145 e. The van der Waals surface area contributed by atoms with Crippen molar-refractivity contribution in [1.29, 1.82) is 0 Å². The number of hydrogen-bond acceptors (Lipinski definition) is 2. The number of Topliss-reactive ketones (excluding diaryl/α,β-unsaturated/α-hetero) is 1. The largest absolute Gasteiger partial charge is 0.299 e. The standard InChI is InChI=1S/C12H13NO/c14-12-9-3-1-5-10(12)11-8(7-9)4-2-6-13-11/h2,4,6,9-10H,1,3,5,7H2/t9-,10+/m1/s1. The van der Waals surface area contributed by atoms with Crippen LogP contribution in [0.15, 0.2) is 18.3 Å². The molecule has 0 N–H and O–H groups in total. The van der Waals surface area contributed by atoms with Crippen LogP contribution in [0.4, 0.5) is 0 Å². The number of pyridine rings is 1. The average molecular weight is 187 g/mol. The molecule has 1 aromatic rings. The SMILES string of the molecule is O=C1[C@@H]2CCC[C@H]1c1ncccc1C2. The van der Waals surface area contributed by atoms with Crippen LogP contribution >= 0.6 is 0 Å². The molecule has 1 heterocycles. The van der Waals surface area contributed by atoms with Crippen molar-refractivity contribution < 1.29 is 4.79 Å². The Morgan fingerprint density at radius 1 is 1.36 bits per heavy atom. The molecular formula is C12H13NO. The fraction of sp³-hybridized carbons (Fsp3) is 0.500. The second kappa shape index (κ2) is 2.91. The van der Waals surface area contributed by atoms with Crippen molar-refractivity contribution in [3.63, 3.8) is 0 Å². The van der Waals surface area contributed by atoms with Gasteiger partial charge in [0, 0.05) is 12.1 Å². The molecule has 0 saturated heterocycles. The van der Waals surface area contributed by atoms with Crippen LogP contribution in [-0.4, -0.2) is 10.8 Å². The molecule has 1 aromatic heterocycles. The monoisotopic (exact) mass is 187 g/mol. The highest BCUT2D eigenvalue weighted by atomic mass is 16.1. The quantitative estimate of drug-likeness (QED) is 0.622. The summed E-state index contributed by atoms with van der Waals surface area (Å²) >= 11 is 0. The Kier molecular flexibility index (Phi) is 1.69. The number of rotatable bonds is 0. The molecule has 0 radical (unpaired) electrons. The maximum absolute atomic E-state index is 11.9. The molecule has 3 rings (SSSR count). The van der Waals surface area contributed by atoms with Crippen molar-refractivity contribution in [2.45, 2.75) is 31.6 Å². The number of aromatic nitrogens is 1. The highest BCUT2D eigenvalue weighted by molar-refractivity contribution is 5.90. The summed E-state index contributed by atoms with van der Waals surface area (Å²) in [7, 11) is 0. The van der Waals surface area contributed by atoms with Gasteiger partial charge < -0.3 is 0 Å². The van der Waals surface area contributed by atoms with Gasteiger partial charge in [-0.15, -0.1) is 0 Å². The second-order valence-corrected chi connectivity index (χ2v) is 4.33. The first kappa shape index (κ1) is 8.16. The van der Waals surface area contributed by atoms with Crippen LogP contribution in [0.1, 0.15) is 36.4 Å². The molecule has 0 aromatic carbocycles. The zero-order valence-electron chi connectivity index (χ0n) is 8.07. The number of fused-ring (bicyclic) bond motifs is 4. The third-order valence-corrected chi connectivity index (χ3v) is 3.51. The van der Waals surface area contributed by atoms with Crippen molar-refractivity contribution in [2.75, 3.05) is 0 Å². The number of carbonyl (C=O) groups is 1. The molecule has 2 aliphatic rings. The van der Waals surface area contributed by atoms with Gasteiger partial charge in [-0.1, -0.05) is 12.5 Å². The normalized spacial score (nSPS) is 29.9. The van der Waals surface area contributed by atoms with E-state index in [2.05, 4.69) is 11.1 Å². The molecule has 2 heteroatoms. The predicted molar refractivity (Wildman–Crippen MR) is 53.0 cm³/mol. The van der Waals surface area contributed by atoms with Gasteiger partial charge in [-0.2, -0.15) is 0 Å². The summed E-state index contributed by atoms with van der Waals surface area (Å²) in [5.41, 5.74) is 2.37. The summed E-state index contributed by atoms with van der Waals surface area (Å²) in [5.74, 6) is 0.867. The Morgan fingerprint density at radius 3 is 3.21 bits per heavy atom. The third kappa shape index (κ3) is 1.03. The van der Waals surface area contributed by atoms with Crippen LogP contribution in [0.3, 0.4) is 0 Å². The van der Waals surface area contributed by atoms with Gasteiger partial charge in [0.15, 0.2) is 0 Å². The van der Waals surface area contributed by atoms with Crippen molar-refractivity contribution in [3.05, 3.63) is 29.6 Å². The molecule has 14 heavy (non-hydrogen) atoms. The first-order valence-electron chi connectivity index (χ1n) is 5.34. The van der Waals surface area contributed by atoms with Crippen molar-refractivity contribution in [3.8, 4) is 0 Å². The van der Waals surface area contributed by atoms with E-state index in [9.17, 15) is 4.79 Å². The van der Waals surface area contributed by atoms with E-state index in [0.29, 0.717) is 11.7 Å². The Balaban J connectivity index is 2.13. The number of nitrogens with zero attached hydrogens (tertiary/aromatic N) is 1. The molecule has 1 saturated carbocycles. The van der Waals surface area contributed by atoms with Crippen molar-refractivity contribution in [2.24, 2.45) is 5.92 Å². The first-order chi connectivity index (χ1) is 6.86. The summed E-state index contributed by atoms with van der Waals surface area (Å²) in [4.78, 5) is 16.3. The van der Waals surface area contributed by atoms with Gasteiger partial charge >= 0.3 is 0 Å². The molecule has 2 atom stereocenters. The van der Waals surface area contributed by atoms with Crippen LogP contribution in [0.25, 0.3) is 0 Å². The van der Waals surface area contributed by atoms with Crippen LogP contribution < -0.4 is 0 Å². The zero-order valence-corrected chi connectivity index (χ0v) is 8.07. The molecule has 0 amide bonds. The fourth-order valence-electron chi connectivity index (χ4n) is 2.81. The van der Waals surface area contributed by atoms with E-state index < -0.39 is 0 Å². The first-order valence-corrected chi connectivity index (χ1v) is 5.34. The van der Waals surface area contributed by atoms with Crippen molar-refractivity contribution in [1.82, 2.24) is 4.98 Å². The zero-order chi connectivity index (χ0) is 9.54. The van der Waals surface area contributed by atoms with Gasteiger partial charge in [0.25, 0.3) is 0 Å². The number of carbonyl (C=O) groups excluding carboxylic acids is 1. The average Bonchev–Trinajstić information content (AvgIpc) is 2.18. The van der Waals surface area contributed by atoms with Crippen LogP contribution in [0.2, 0.25) is 0 Å². The van der Waals surface area contributed by atoms with E-state index in [1.807, 2.05) is 6.07 Å². The molecule has 0 aliphatic heterocycles. The Morgan fingerprint density at radius 2 is 2.29 bits per heavy atom. The maximum atomic E-state index is 11.9. The van der Waals surface area contributed by atoms with Crippen LogP contribution in [0, 0.1) is 5.92 Å². The minimum atomic E-state index is 0.124. The molecule has 2 aliphatic carbocycles. The molecule has 0 spiro atoms. The topological polar surface area (TPSA) is 30.0 Å². The van der Waals surface area contributed by atoms with E-state index in [1.54, 1.807) is 6.20 Å². The summed E-state index contributed by atoms with van der Waals surface area (Å²) < 4.78 is 0. The third-order valence-electron chi connectivity index (χ3n) is 3.51. The van der Waals surface area contributed by atoms with Crippen LogP contribution in [0.5, 0.6) is 0 Å². The molecule has 1 fully saturated rings. The minimum absolute atomic E-state index is 0.124. The highest BCUT2D eigenvalue weighted by Gasteiger charge is 2.38. The van der Waals surface area contributed by atoms with Gasteiger partial charge in [0.1, 0.15) is 5.78 Å². The van der Waals surface area contributed by atoms with E-state index in [0.717, 1.165) is 25.0 Å². The molecular weight excluding hydrogens is 174 g/mol. The van der Waals surface area contributed by atoms with Gasteiger partial charge in [0.2, 0.25) is 0 Å². The lowest BCUT2D eigenvalue weighted by atomic mass is 9.70. The summed E-state index contributed by atoms with van der Waals surface area (Å²) in [6, 6.07) is 4.10. The van der Waals surface area contributed by atoms with E-state index >= 15 is 0 Å². The van der Waals surface area contributed by atoms with Gasteiger partial charge in [-0.3, -0.25) is 9.78 Å². The molecule has 2 nitrogen and oxygen atoms in total. The van der Waals surface area contributed by atoms with Gasteiger partial charge in [0.05, 0.1) is 11.6 Å². The lowest BCUT2D eigenvalue weighted by Crippen LogP contribution is -2.34. The Hall–Kier alpha value is -1.18. The highest BCUT2D eigenvalue weighted by Crippen LogP contribution is 2.39. The van der Waals surface area contributed by atoms with E-state index in [4.69, 9.17) is 0 Å². The number of hydrogen-bond donors (Lipinski definition) is 0. The lowest BCUT2D eigenvalue weighted by molar-refractivity contribution is -0.127. The van der Waals surface area contributed by atoms with E-state index in [-0.39, 0.29) is 5.92 Å². The fourth-order valence-corrected chi connectivity index (χ4v) is 2.81. The van der Waals surface area contributed by atoms with Gasteiger partial charge in [-0.05, 0) is 30.9 Å². The minimum Gasteiger partial charge on any atom is -0.299 e. The Labute approximate surface area is 83.4 Å². The van der Waals surface area contributed by atoms with Crippen LogP contribution in [-0.2, 0) is 11.2 Å². The predicted octanol–water partition coefficient (Wildman–Crippen LogP) is 2.09. The number of ketones is 1. The summed E-state index contributed by atoms with van der Waals surface area (Å²) in [5, 5.41) is 0. The Bertz CT molecular complexity index is 386. The molecule has 2 bridgehead atoms. The summed E-state index contributed by atoms with van der Waals surface area (Å²) in [6.45, 7) is 0. The smallest absolute Gasteiger partial charge is 0.145 e. The lowest BCUT2D eigenvalue weighted by Gasteiger charge is -2.33.